The van der Waals surface area contributed by atoms with E-state index in [-0.39, 0.29) is 12.0 Å². The van der Waals surface area contributed by atoms with E-state index in [1.807, 2.05) is 0 Å². The average Bonchev–Trinajstić information content (AvgIpc) is 2.68. The van der Waals surface area contributed by atoms with Crippen LogP contribution < -0.4 is 5.32 Å². The van der Waals surface area contributed by atoms with Gasteiger partial charge in [-0.1, -0.05) is 19.4 Å². The zero-order valence-corrected chi connectivity index (χ0v) is 11.4. The van der Waals surface area contributed by atoms with Crippen LogP contribution in [0, 0.1) is 5.92 Å². The topological polar surface area (TPSA) is 38.3 Å². The number of hydrogen-bond donors (Lipinski definition) is 1. The van der Waals surface area contributed by atoms with Gasteiger partial charge in [-0.05, 0) is 44.2 Å². The van der Waals surface area contributed by atoms with Gasteiger partial charge in [0.15, 0.2) is 5.78 Å². The molecular weight excluding hydrogens is 226 g/mol. The monoisotopic (exact) mass is 251 g/mol. The van der Waals surface area contributed by atoms with E-state index in [4.69, 9.17) is 4.74 Å². The van der Waals surface area contributed by atoms with E-state index in [2.05, 4.69) is 18.3 Å². The number of Topliss-reactive ketones (excluding diaryl/α,β-unsaturated/α-hetero) is 1. The van der Waals surface area contributed by atoms with Gasteiger partial charge in [0, 0.05) is 6.04 Å². The quantitative estimate of drug-likeness (QED) is 0.815. The molecule has 2 atom stereocenters. The number of ether oxygens (including phenoxy) is 1. The SMILES string of the molecule is CCCNC1COCC1C(=O)C1=CCCCCC1. The van der Waals surface area contributed by atoms with Crippen molar-refractivity contribution in [1.29, 1.82) is 0 Å². The Morgan fingerprint density at radius 3 is 3.11 bits per heavy atom. The Kier molecular flexibility index (Phi) is 5.39. The smallest absolute Gasteiger partial charge is 0.165 e. The molecule has 1 saturated heterocycles. The minimum absolute atomic E-state index is 0.0425. The maximum atomic E-state index is 12.5. The van der Waals surface area contributed by atoms with Crippen molar-refractivity contribution in [2.45, 2.75) is 51.5 Å². The molecule has 1 aliphatic heterocycles. The van der Waals surface area contributed by atoms with Crippen LogP contribution in [0.5, 0.6) is 0 Å². The summed E-state index contributed by atoms with van der Waals surface area (Å²) in [6.07, 6.45) is 8.96. The predicted molar refractivity (Wildman–Crippen MR) is 72.6 cm³/mol. The molecule has 2 rings (SSSR count). The Labute approximate surface area is 110 Å². The Bertz CT molecular complexity index is 312. The average molecular weight is 251 g/mol. The molecule has 2 unspecified atom stereocenters. The van der Waals surface area contributed by atoms with Gasteiger partial charge in [0.25, 0.3) is 0 Å². The van der Waals surface area contributed by atoms with Gasteiger partial charge in [-0.2, -0.15) is 0 Å². The Morgan fingerprint density at radius 2 is 2.28 bits per heavy atom. The van der Waals surface area contributed by atoms with E-state index in [0.29, 0.717) is 19.0 Å². The molecule has 0 aromatic heterocycles. The zero-order chi connectivity index (χ0) is 12.8. The van der Waals surface area contributed by atoms with Crippen molar-refractivity contribution in [3.8, 4) is 0 Å². The van der Waals surface area contributed by atoms with Crippen molar-refractivity contribution < 1.29 is 9.53 Å². The first-order chi connectivity index (χ1) is 8.83. The van der Waals surface area contributed by atoms with Crippen LogP contribution in [0.1, 0.15) is 45.4 Å². The van der Waals surface area contributed by atoms with Gasteiger partial charge in [0.1, 0.15) is 0 Å². The van der Waals surface area contributed by atoms with Gasteiger partial charge in [-0.3, -0.25) is 4.79 Å². The van der Waals surface area contributed by atoms with Crippen LogP contribution in [0.3, 0.4) is 0 Å². The van der Waals surface area contributed by atoms with Gasteiger partial charge in [0.05, 0.1) is 19.1 Å². The number of hydrogen-bond acceptors (Lipinski definition) is 3. The molecule has 1 aliphatic carbocycles. The Balaban J connectivity index is 1.96. The number of carbonyl (C=O) groups is 1. The molecule has 1 fully saturated rings. The van der Waals surface area contributed by atoms with Gasteiger partial charge in [0.2, 0.25) is 0 Å². The summed E-state index contributed by atoms with van der Waals surface area (Å²) < 4.78 is 5.50. The van der Waals surface area contributed by atoms with Crippen LogP contribution in [0.4, 0.5) is 0 Å². The van der Waals surface area contributed by atoms with Crippen LogP contribution >= 0.6 is 0 Å². The molecule has 0 amide bonds. The van der Waals surface area contributed by atoms with E-state index < -0.39 is 0 Å². The third kappa shape index (κ3) is 3.42. The van der Waals surface area contributed by atoms with Crippen molar-refractivity contribution >= 4 is 5.78 Å². The predicted octanol–water partition coefficient (Wildman–Crippen LogP) is 2.46. The normalized spacial score (nSPS) is 28.8. The first-order valence-corrected chi connectivity index (χ1v) is 7.37. The molecule has 1 heterocycles. The second-order valence-electron chi connectivity index (χ2n) is 5.40. The molecular formula is C15H25NO2. The summed E-state index contributed by atoms with van der Waals surface area (Å²) in [5, 5.41) is 3.44. The first kappa shape index (κ1) is 13.8. The fourth-order valence-electron chi connectivity index (χ4n) is 2.82. The number of rotatable bonds is 5. The highest BCUT2D eigenvalue weighted by Crippen LogP contribution is 2.24. The van der Waals surface area contributed by atoms with E-state index >= 15 is 0 Å². The van der Waals surface area contributed by atoms with Crippen molar-refractivity contribution in [3.05, 3.63) is 11.6 Å². The zero-order valence-electron chi connectivity index (χ0n) is 11.4. The minimum Gasteiger partial charge on any atom is -0.379 e. The number of carbonyl (C=O) groups excluding carboxylic acids is 1. The number of allylic oxidation sites excluding steroid dienone is 2. The Hall–Kier alpha value is -0.670. The summed E-state index contributed by atoms with van der Waals surface area (Å²) in [5.41, 5.74) is 1.06. The maximum absolute atomic E-state index is 12.5. The van der Waals surface area contributed by atoms with E-state index in [1.54, 1.807) is 0 Å². The molecule has 102 valence electrons. The highest BCUT2D eigenvalue weighted by molar-refractivity contribution is 5.97. The minimum atomic E-state index is 0.0425. The van der Waals surface area contributed by atoms with Crippen molar-refractivity contribution in [3.63, 3.8) is 0 Å². The lowest BCUT2D eigenvalue weighted by Crippen LogP contribution is -2.40. The van der Waals surface area contributed by atoms with Crippen LogP contribution in [0.25, 0.3) is 0 Å². The van der Waals surface area contributed by atoms with Gasteiger partial charge in [-0.25, -0.2) is 0 Å². The lowest BCUT2D eigenvalue weighted by molar-refractivity contribution is -0.119. The summed E-state index contributed by atoms with van der Waals surface area (Å²) in [7, 11) is 0. The van der Waals surface area contributed by atoms with E-state index in [9.17, 15) is 4.79 Å². The molecule has 3 nitrogen and oxygen atoms in total. The van der Waals surface area contributed by atoms with Crippen molar-refractivity contribution in [2.75, 3.05) is 19.8 Å². The molecule has 2 aliphatic rings. The third-order valence-corrected chi connectivity index (χ3v) is 3.93. The second kappa shape index (κ2) is 7.05. The molecule has 0 saturated carbocycles. The lowest BCUT2D eigenvalue weighted by atomic mass is 9.91. The first-order valence-electron chi connectivity index (χ1n) is 7.37. The highest BCUT2D eigenvalue weighted by atomic mass is 16.5. The van der Waals surface area contributed by atoms with Crippen LogP contribution in [-0.4, -0.2) is 31.6 Å². The molecule has 3 heteroatoms. The van der Waals surface area contributed by atoms with Crippen molar-refractivity contribution in [1.82, 2.24) is 5.32 Å². The Morgan fingerprint density at radius 1 is 1.39 bits per heavy atom. The third-order valence-electron chi connectivity index (χ3n) is 3.93. The number of nitrogens with one attached hydrogen (secondary N) is 1. The second-order valence-corrected chi connectivity index (χ2v) is 5.40. The van der Waals surface area contributed by atoms with E-state index in [0.717, 1.165) is 37.8 Å². The van der Waals surface area contributed by atoms with E-state index in [1.165, 1.54) is 12.8 Å². The van der Waals surface area contributed by atoms with Gasteiger partial charge < -0.3 is 10.1 Å². The summed E-state index contributed by atoms with van der Waals surface area (Å²) in [4.78, 5) is 12.5. The maximum Gasteiger partial charge on any atom is 0.165 e. The molecule has 18 heavy (non-hydrogen) atoms. The fraction of sp³-hybridized carbons (Fsp3) is 0.800. The van der Waals surface area contributed by atoms with Crippen molar-refractivity contribution in [2.24, 2.45) is 5.92 Å². The summed E-state index contributed by atoms with van der Waals surface area (Å²) in [6, 6.07) is 0.224. The van der Waals surface area contributed by atoms with Gasteiger partial charge >= 0.3 is 0 Å². The van der Waals surface area contributed by atoms with Gasteiger partial charge in [-0.15, -0.1) is 0 Å². The van der Waals surface area contributed by atoms with Crippen LogP contribution in [0.15, 0.2) is 11.6 Å². The lowest BCUT2D eigenvalue weighted by Gasteiger charge is -2.19. The molecule has 0 spiro atoms. The summed E-state index contributed by atoms with van der Waals surface area (Å²) >= 11 is 0. The summed E-state index contributed by atoms with van der Waals surface area (Å²) in [5.74, 6) is 0.379. The highest BCUT2D eigenvalue weighted by Gasteiger charge is 2.34. The molecule has 0 bridgehead atoms. The molecule has 1 N–H and O–H groups in total. The van der Waals surface area contributed by atoms with Crippen LogP contribution in [-0.2, 0) is 9.53 Å². The van der Waals surface area contributed by atoms with Crippen LogP contribution in [0.2, 0.25) is 0 Å². The fourth-order valence-corrected chi connectivity index (χ4v) is 2.82. The largest absolute Gasteiger partial charge is 0.379 e. The summed E-state index contributed by atoms with van der Waals surface area (Å²) in [6.45, 7) is 4.39. The molecule has 0 aromatic carbocycles. The molecule has 0 radical (unpaired) electrons. The standard InChI is InChI=1S/C15H25NO2/c1-2-9-16-14-11-18-10-13(14)15(17)12-7-5-3-4-6-8-12/h7,13-14,16H,2-6,8-11H2,1H3. The number of ketones is 1. The molecule has 0 aromatic rings.